The summed E-state index contributed by atoms with van der Waals surface area (Å²) in [6.07, 6.45) is -0.0930. The van der Waals surface area contributed by atoms with E-state index in [1.165, 1.54) is 0 Å². The third-order valence-corrected chi connectivity index (χ3v) is 9.80. The van der Waals surface area contributed by atoms with E-state index in [4.69, 9.17) is 31.2 Å². The SMILES string of the molecule is COCCN1CC[C@@H](c2nn(C)c3ccc(-c4nc5cc(C)c([C@H](OC(C)(C)C)C(=O)O)c(-c6ccc(Cl)cc6)c5s4)cc23)C1. The van der Waals surface area contributed by atoms with Gasteiger partial charge in [0.05, 0.1) is 33.6 Å². The van der Waals surface area contributed by atoms with Crippen molar-refractivity contribution in [2.24, 2.45) is 7.05 Å². The smallest absolute Gasteiger partial charge is 0.337 e. The fourth-order valence-electron chi connectivity index (χ4n) is 6.37. The van der Waals surface area contributed by atoms with Crippen LogP contribution in [0.2, 0.25) is 5.02 Å². The van der Waals surface area contributed by atoms with Crippen molar-refractivity contribution >= 4 is 50.0 Å². The van der Waals surface area contributed by atoms with Crippen LogP contribution in [0.4, 0.5) is 0 Å². The zero-order chi connectivity index (χ0) is 32.0. The zero-order valence-electron chi connectivity index (χ0n) is 26.6. The Labute approximate surface area is 272 Å². The molecule has 2 atom stereocenters. The maximum Gasteiger partial charge on any atom is 0.337 e. The van der Waals surface area contributed by atoms with E-state index in [0.717, 1.165) is 86.7 Å². The van der Waals surface area contributed by atoms with Gasteiger partial charge in [-0.3, -0.25) is 4.68 Å². The summed E-state index contributed by atoms with van der Waals surface area (Å²) in [6.45, 7) is 11.2. The predicted octanol–water partition coefficient (Wildman–Crippen LogP) is 7.86. The molecule has 236 valence electrons. The molecule has 8 nitrogen and oxygen atoms in total. The van der Waals surface area contributed by atoms with Gasteiger partial charge in [-0.2, -0.15) is 5.10 Å². The summed E-state index contributed by atoms with van der Waals surface area (Å²) in [7, 11) is 3.75. The minimum Gasteiger partial charge on any atom is -0.479 e. The maximum absolute atomic E-state index is 12.7. The number of rotatable bonds is 9. The lowest BCUT2D eigenvalue weighted by Crippen LogP contribution is -2.28. The van der Waals surface area contributed by atoms with Gasteiger partial charge in [-0.1, -0.05) is 23.7 Å². The summed E-state index contributed by atoms with van der Waals surface area (Å²) in [4.78, 5) is 20.2. The van der Waals surface area contributed by atoms with Crippen LogP contribution < -0.4 is 0 Å². The fraction of sp³-hybridized carbons (Fsp3) is 0.400. The first kappa shape index (κ1) is 31.6. The lowest BCUT2D eigenvalue weighted by molar-refractivity contribution is -0.160. The van der Waals surface area contributed by atoms with Crippen LogP contribution in [0, 0.1) is 6.92 Å². The van der Waals surface area contributed by atoms with Crippen molar-refractivity contribution in [2.75, 3.05) is 33.4 Å². The van der Waals surface area contributed by atoms with E-state index in [2.05, 4.69) is 23.1 Å². The third kappa shape index (κ3) is 6.37. The van der Waals surface area contributed by atoms with E-state index in [-0.39, 0.29) is 0 Å². The van der Waals surface area contributed by atoms with E-state index < -0.39 is 17.7 Å². The minimum atomic E-state index is -1.16. The molecule has 1 fully saturated rings. The Hall–Kier alpha value is -3.34. The Morgan fingerprint density at radius 1 is 1.16 bits per heavy atom. The summed E-state index contributed by atoms with van der Waals surface area (Å²) >= 11 is 7.84. The molecule has 0 amide bonds. The van der Waals surface area contributed by atoms with E-state index in [0.29, 0.717) is 16.5 Å². The molecule has 1 aliphatic heterocycles. The molecule has 1 aliphatic rings. The molecule has 1 N–H and O–H groups in total. The van der Waals surface area contributed by atoms with Crippen LogP contribution in [0.5, 0.6) is 0 Å². The van der Waals surface area contributed by atoms with Gasteiger partial charge in [0.25, 0.3) is 0 Å². The number of halogens is 1. The van der Waals surface area contributed by atoms with Crippen LogP contribution in [0.3, 0.4) is 0 Å². The Morgan fingerprint density at radius 3 is 2.58 bits per heavy atom. The summed E-state index contributed by atoms with van der Waals surface area (Å²) in [6, 6.07) is 15.9. The first-order valence-electron chi connectivity index (χ1n) is 15.2. The average Bonchev–Trinajstić information content (AvgIpc) is 3.71. The number of nitrogens with zero attached hydrogens (tertiary/aromatic N) is 4. The molecule has 2 aromatic heterocycles. The molecule has 0 spiro atoms. The molecule has 5 aromatic rings. The molecule has 0 aliphatic carbocycles. The van der Waals surface area contributed by atoms with Gasteiger partial charge in [0.2, 0.25) is 0 Å². The van der Waals surface area contributed by atoms with Crippen molar-refractivity contribution in [1.29, 1.82) is 0 Å². The highest BCUT2D eigenvalue weighted by Crippen LogP contribution is 2.45. The Morgan fingerprint density at radius 2 is 1.89 bits per heavy atom. The molecule has 1 saturated heterocycles. The molecule has 0 unspecified atom stereocenters. The van der Waals surface area contributed by atoms with Crippen molar-refractivity contribution in [2.45, 2.75) is 51.7 Å². The van der Waals surface area contributed by atoms with Crippen LogP contribution in [0.25, 0.3) is 42.8 Å². The van der Waals surface area contributed by atoms with E-state index >= 15 is 0 Å². The monoisotopic (exact) mass is 646 g/mol. The number of hydrogen-bond acceptors (Lipinski definition) is 7. The van der Waals surface area contributed by atoms with Gasteiger partial charge in [-0.25, -0.2) is 9.78 Å². The van der Waals surface area contributed by atoms with Crippen molar-refractivity contribution in [3.8, 4) is 21.7 Å². The predicted molar refractivity (Wildman–Crippen MR) is 181 cm³/mol. The average molecular weight is 647 g/mol. The number of benzene rings is 3. The van der Waals surface area contributed by atoms with Crippen molar-refractivity contribution in [1.82, 2.24) is 19.7 Å². The molecule has 45 heavy (non-hydrogen) atoms. The van der Waals surface area contributed by atoms with Gasteiger partial charge in [0, 0.05) is 60.3 Å². The molecule has 10 heteroatoms. The van der Waals surface area contributed by atoms with Crippen LogP contribution in [0.1, 0.15) is 56.0 Å². The standard InChI is InChI=1S/C35H39ClN4O4S/c1-20-17-26-32(29(21-7-10-24(36)11-8-21)28(20)31(34(41)42)44-35(2,3)4)45-33(37-26)22-9-12-27-25(18-22)30(38-39(27)5)23-13-14-40(19-23)15-16-43-6/h7-12,17-18,23,31H,13-16,19H2,1-6H3,(H,41,42)/t23-,31+/m1/s1. The van der Waals surface area contributed by atoms with E-state index in [1.54, 1.807) is 18.4 Å². The number of carboxylic acids is 1. The second kappa shape index (κ2) is 12.5. The summed E-state index contributed by atoms with van der Waals surface area (Å²) in [5, 5.41) is 18.0. The summed E-state index contributed by atoms with van der Waals surface area (Å²) in [5.74, 6) is -0.678. The lowest BCUT2D eigenvalue weighted by Gasteiger charge is -2.28. The highest BCUT2D eigenvalue weighted by molar-refractivity contribution is 7.22. The van der Waals surface area contributed by atoms with Crippen LogP contribution in [-0.2, 0) is 21.3 Å². The first-order chi connectivity index (χ1) is 21.4. The molecule has 0 saturated carbocycles. The summed E-state index contributed by atoms with van der Waals surface area (Å²) < 4.78 is 14.4. The van der Waals surface area contributed by atoms with Crippen molar-refractivity contribution in [3.63, 3.8) is 0 Å². The van der Waals surface area contributed by atoms with Gasteiger partial charge in [-0.05, 0) is 88.2 Å². The Kier molecular flexibility index (Phi) is 8.76. The zero-order valence-corrected chi connectivity index (χ0v) is 28.1. The van der Waals surface area contributed by atoms with Gasteiger partial charge >= 0.3 is 5.97 Å². The quantitative estimate of drug-likeness (QED) is 0.174. The normalized spacial score (nSPS) is 16.6. The van der Waals surface area contributed by atoms with Crippen LogP contribution in [0.15, 0.2) is 48.5 Å². The Bertz CT molecular complexity index is 1880. The highest BCUT2D eigenvalue weighted by Gasteiger charge is 2.33. The molecule has 3 aromatic carbocycles. The Balaban J connectivity index is 1.49. The first-order valence-corrected chi connectivity index (χ1v) is 16.4. The second-order valence-electron chi connectivity index (χ2n) is 12.8. The number of methoxy groups -OCH3 is 1. The van der Waals surface area contributed by atoms with Crippen LogP contribution in [-0.4, -0.2) is 69.7 Å². The number of aromatic nitrogens is 3. The third-order valence-electron chi connectivity index (χ3n) is 8.42. The van der Waals surface area contributed by atoms with Crippen molar-refractivity contribution < 1.29 is 19.4 Å². The summed E-state index contributed by atoms with van der Waals surface area (Å²) in [5.41, 5.74) is 6.49. The lowest BCUT2D eigenvalue weighted by atomic mass is 9.91. The molecule has 6 rings (SSSR count). The van der Waals surface area contributed by atoms with Gasteiger partial charge in [-0.15, -0.1) is 11.3 Å². The number of fused-ring (bicyclic) bond motifs is 2. The molecular formula is C35H39ClN4O4S. The molecule has 3 heterocycles. The van der Waals surface area contributed by atoms with Gasteiger partial charge < -0.3 is 19.5 Å². The number of likely N-dealkylation sites (tertiary alicyclic amines) is 1. The molecule has 0 bridgehead atoms. The number of hydrogen-bond donors (Lipinski definition) is 1. The number of ether oxygens (including phenoxy) is 2. The fourth-order valence-corrected chi connectivity index (χ4v) is 7.62. The topological polar surface area (TPSA) is 89.7 Å². The molecular weight excluding hydrogens is 608 g/mol. The minimum absolute atomic E-state index is 0.355. The number of carboxylic acid groups (broad SMARTS) is 1. The van der Waals surface area contributed by atoms with Gasteiger partial charge in [0.1, 0.15) is 5.01 Å². The maximum atomic E-state index is 12.7. The number of thiazole rings is 1. The largest absolute Gasteiger partial charge is 0.479 e. The van der Waals surface area contributed by atoms with E-state index in [9.17, 15) is 9.90 Å². The molecule has 0 radical (unpaired) electrons. The highest BCUT2D eigenvalue weighted by atomic mass is 35.5. The van der Waals surface area contributed by atoms with Gasteiger partial charge in [0.15, 0.2) is 6.10 Å². The van der Waals surface area contributed by atoms with Crippen molar-refractivity contribution in [3.05, 3.63) is 70.4 Å². The number of aliphatic carboxylic acids is 1. The number of aryl methyl sites for hydroxylation is 2. The number of carbonyl (C=O) groups is 1. The van der Waals surface area contributed by atoms with E-state index in [1.807, 2.05) is 69.8 Å². The van der Waals surface area contributed by atoms with Crippen LogP contribution >= 0.6 is 22.9 Å². The second-order valence-corrected chi connectivity index (χ2v) is 14.3.